The summed E-state index contributed by atoms with van der Waals surface area (Å²) < 4.78 is 7.47. The minimum Gasteiger partial charge on any atom is -0.411 e. The Morgan fingerprint density at radius 2 is 1.88 bits per heavy atom. The van der Waals surface area contributed by atoms with Gasteiger partial charge >= 0.3 is 0 Å². The second-order valence-electron chi connectivity index (χ2n) is 4.73. The van der Waals surface area contributed by atoms with E-state index in [-0.39, 0.29) is 11.7 Å². The summed E-state index contributed by atoms with van der Waals surface area (Å²) in [6.07, 6.45) is 0. The molecule has 3 aromatic rings. The molecule has 1 amide bonds. The lowest BCUT2D eigenvalue weighted by molar-refractivity contribution is -0.113. The first-order valence-electron chi connectivity index (χ1n) is 6.88. The van der Waals surface area contributed by atoms with Gasteiger partial charge in [0.25, 0.3) is 5.22 Å². The van der Waals surface area contributed by atoms with Crippen LogP contribution in [0.4, 0.5) is 5.69 Å². The maximum atomic E-state index is 12.0. The molecule has 122 valence electrons. The molecule has 0 atom stereocenters. The Hall–Kier alpha value is -1.64. The lowest BCUT2D eigenvalue weighted by Crippen LogP contribution is -2.13. The zero-order valence-corrected chi connectivity index (χ0v) is 16.2. The Morgan fingerprint density at radius 1 is 1.08 bits per heavy atom. The number of benzene rings is 2. The van der Waals surface area contributed by atoms with Crippen LogP contribution in [0.5, 0.6) is 0 Å². The molecule has 0 saturated heterocycles. The van der Waals surface area contributed by atoms with E-state index in [4.69, 9.17) is 4.42 Å². The monoisotopic (exact) mass is 467 g/mol. The van der Waals surface area contributed by atoms with Gasteiger partial charge < -0.3 is 9.73 Å². The minimum absolute atomic E-state index is 0.135. The molecule has 0 radical (unpaired) electrons. The third kappa shape index (κ3) is 4.68. The predicted molar refractivity (Wildman–Crippen MR) is 101 cm³/mol. The van der Waals surface area contributed by atoms with E-state index in [0.717, 1.165) is 20.2 Å². The zero-order valence-electron chi connectivity index (χ0n) is 12.2. The Bertz CT molecular complexity index is 853. The molecular weight excluding hydrogens is 458 g/mol. The van der Waals surface area contributed by atoms with Crippen LogP contribution in [0.25, 0.3) is 11.5 Å². The summed E-state index contributed by atoms with van der Waals surface area (Å²) in [5.74, 6) is 0.479. The molecule has 0 unspecified atom stereocenters. The molecule has 0 fully saturated rings. The van der Waals surface area contributed by atoms with Gasteiger partial charge in [0.05, 0.1) is 5.75 Å². The van der Waals surface area contributed by atoms with Crippen molar-refractivity contribution >= 4 is 55.2 Å². The van der Waals surface area contributed by atoms with Gasteiger partial charge in [-0.05, 0) is 42.5 Å². The molecule has 2 aromatic carbocycles. The summed E-state index contributed by atoms with van der Waals surface area (Å²) in [6, 6.07) is 15.0. The molecule has 0 spiro atoms. The summed E-state index contributed by atoms with van der Waals surface area (Å²) in [6.45, 7) is 0. The minimum atomic E-state index is -0.135. The number of carbonyl (C=O) groups excluding carboxylic acids is 1. The van der Waals surface area contributed by atoms with E-state index in [1.165, 1.54) is 11.8 Å². The van der Waals surface area contributed by atoms with Crippen molar-refractivity contribution in [3.8, 4) is 11.5 Å². The molecule has 1 aromatic heterocycles. The van der Waals surface area contributed by atoms with Crippen LogP contribution in [0.2, 0.25) is 0 Å². The number of nitrogens with one attached hydrogen (secondary N) is 1. The van der Waals surface area contributed by atoms with Crippen molar-refractivity contribution in [2.75, 3.05) is 11.1 Å². The van der Waals surface area contributed by atoms with Gasteiger partial charge in [0.1, 0.15) is 0 Å². The number of thioether (sulfide) groups is 1. The van der Waals surface area contributed by atoms with Crippen LogP contribution in [-0.2, 0) is 4.79 Å². The fraction of sp³-hybridized carbons (Fsp3) is 0.0625. The molecule has 3 rings (SSSR count). The first-order valence-corrected chi connectivity index (χ1v) is 9.45. The molecule has 5 nitrogen and oxygen atoms in total. The molecule has 8 heteroatoms. The van der Waals surface area contributed by atoms with Gasteiger partial charge in [0.2, 0.25) is 11.8 Å². The average Bonchev–Trinajstić information content (AvgIpc) is 3.04. The standard InChI is InChI=1S/C16H11Br2N3O2S/c17-11-4-6-13(7-5-11)19-14(22)9-24-16-21-20-15(23-16)10-2-1-3-12(18)8-10/h1-8H,9H2,(H,19,22). The molecule has 24 heavy (non-hydrogen) atoms. The van der Waals surface area contributed by atoms with Crippen molar-refractivity contribution in [2.45, 2.75) is 5.22 Å². The van der Waals surface area contributed by atoms with Crippen molar-refractivity contribution in [3.63, 3.8) is 0 Å². The van der Waals surface area contributed by atoms with E-state index in [1.807, 2.05) is 48.5 Å². The lowest BCUT2D eigenvalue weighted by atomic mass is 10.2. The summed E-state index contributed by atoms with van der Waals surface area (Å²) in [5.41, 5.74) is 1.56. The van der Waals surface area contributed by atoms with E-state index in [9.17, 15) is 4.79 Å². The third-order valence-corrected chi connectivity index (χ3v) is 4.77. The highest BCUT2D eigenvalue weighted by atomic mass is 79.9. The quantitative estimate of drug-likeness (QED) is 0.534. The Kier molecular flexibility index (Phi) is 5.70. The first kappa shape index (κ1) is 17.2. The number of halogens is 2. The highest BCUT2D eigenvalue weighted by Gasteiger charge is 2.11. The van der Waals surface area contributed by atoms with Crippen LogP contribution in [-0.4, -0.2) is 21.9 Å². The largest absolute Gasteiger partial charge is 0.411 e. The molecule has 1 heterocycles. The Balaban J connectivity index is 1.57. The van der Waals surface area contributed by atoms with Gasteiger partial charge in [-0.2, -0.15) is 0 Å². The lowest BCUT2D eigenvalue weighted by Gasteiger charge is -2.03. The van der Waals surface area contributed by atoms with Crippen molar-refractivity contribution in [2.24, 2.45) is 0 Å². The van der Waals surface area contributed by atoms with Crippen molar-refractivity contribution < 1.29 is 9.21 Å². The second-order valence-corrected chi connectivity index (χ2v) is 7.49. The summed E-state index contributed by atoms with van der Waals surface area (Å²) in [4.78, 5) is 12.0. The fourth-order valence-electron chi connectivity index (χ4n) is 1.86. The topological polar surface area (TPSA) is 68.0 Å². The van der Waals surface area contributed by atoms with Crippen LogP contribution in [0.3, 0.4) is 0 Å². The second kappa shape index (κ2) is 7.96. The number of anilines is 1. The number of aromatic nitrogens is 2. The zero-order chi connectivity index (χ0) is 16.9. The highest BCUT2D eigenvalue weighted by molar-refractivity contribution is 9.10. The van der Waals surface area contributed by atoms with Crippen molar-refractivity contribution in [1.29, 1.82) is 0 Å². The van der Waals surface area contributed by atoms with Gasteiger partial charge in [0.15, 0.2) is 0 Å². The molecule has 0 bridgehead atoms. The van der Waals surface area contributed by atoms with Crippen molar-refractivity contribution in [1.82, 2.24) is 10.2 Å². The van der Waals surface area contributed by atoms with E-state index in [2.05, 4.69) is 47.4 Å². The van der Waals surface area contributed by atoms with Crippen LogP contribution < -0.4 is 5.32 Å². The normalized spacial score (nSPS) is 10.6. The summed E-state index contributed by atoms with van der Waals surface area (Å²) >= 11 is 7.95. The highest BCUT2D eigenvalue weighted by Crippen LogP contribution is 2.25. The van der Waals surface area contributed by atoms with Gasteiger partial charge in [-0.25, -0.2) is 0 Å². The first-order chi connectivity index (χ1) is 11.6. The van der Waals surface area contributed by atoms with E-state index in [0.29, 0.717) is 11.1 Å². The van der Waals surface area contributed by atoms with Gasteiger partial charge in [-0.1, -0.05) is 49.7 Å². The number of carbonyl (C=O) groups is 1. The maximum absolute atomic E-state index is 12.0. The fourth-order valence-corrected chi connectivity index (χ4v) is 3.09. The predicted octanol–water partition coefficient (Wildman–Crippen LogP) is 4.99. The van der Waals surface area contributed by atoms with E-state index in [1.54, 1.807) is 0 Å². The number of rotatable bonds is 5. The molecular formula is C16H11Br2N3O2S. The van der Waals surface area contributed by atoms with Crippen LogP contribution in [0, 0.1) is 0 Å². The molecule has 0 aliphatic rings. The summed E-state index contributed by atoms with van der Waals surface area (Å²) in [7, 11) is 0. The molecule has 0 saturated carbocycles. The number of amides is 1. The third-order valence-electron chi connectivity index (χ3n) is 2.93. The molecule has 0 aliphatic carbocycles. The smallest absolute Gasteiger partial charge is 0.277 e. The van der Waals surface area contributed by atoms with Crippen molar-refractivity contribution in [3.05, 3.63) is 57.5 Å². The van der Waals surface area contributed by atoms with E-state index < -0.39 is 0 Å². The van der Waals surface area contributed by atoms with E-state index >= 15 is 0 Å². The van der Waals surface area contributed by atoms with Crippen LogP contribution in [0.15, 0.2) is 67.1 Å². The molecule has 0 aliphatic heterocycles. The van der Waals surface area contributed by atoms with Gasteiger partial charge in [-0.3, -0.25) is 4.79 Å². The Morgan fingerprint density at radius 3 is 2.62 bits per heavy atom. The summed E-state index contributed by atoms with van der Waals surface area (Å²) in [5, 5.41) is 11.1. The molecule has 1 N–H and O–H groups in total. The average molecular weight is 469 g/mol. The number of hydrogen-bond donors (Lipinski definition) is 1. The van der Waals surface area contributed by atoms with Gasteiger partial charge in [0, 0.05) is 20.2 Å². The number of hydrogen-bond acceptors (Lipinski definition) is 5. The van der Waals surface area contributed by atoms with Crippen LogP contribution in [0.1, 0.15) is 0 Å². The maximum Gasteiger partial charge on any atom is 0.277 e. The number of nitrogens with zero attached hydrogens (tertiary/aromatic N) is 2. The van der Waals surface area contributed by atoms with Gasteiger partial charge in [-0.15, -0.1) is 10.2 Å². The van der Waals surface area contributed by atoms with Crippen LogP contribution >= 0.6 is 43.6 Å². The Labute approximate surface area is 159 Å². The SMILES string of the molecule is O=C(CSc1nnc(-c2cccc(Br)c2)o1)Nc1ccc(Br)cc1.